The number of benzene rings is 3. The van der Waals surface area contributed by atoms with E-state index in [4.69, 9.17) is 0 Å². The molecule has 3 atom stereocenters. The number of aromatic nitrogens is 1. The van der Waals surface area contributed by atoms with E-state index in [1.165, 1.54) is 23.2 Å². The highest BCUT2D eigenvalue weighted by Crippen LogP contribution is 2.45. The molecule has 1 aromatic heterocycles. The first-order valence-corrected chi connectivity index (χ1v) is 14.0. The summed E-state index contributed by atoms with van der Waals surface area (Å²) >= 11 is 0. The van der Waals surface area contributed by atoms with E-state index in [9.17, 15) is 8.42 Å². The summed E-state index contributed by atoms with van der Waals surface area (Å²) in [5.41, 5.74) is 6.90. The molecule has 1 saturated heterocycles. The van der Waals surface area contributed by atoms with Crippen molar-refractivity contribution >= 4 is 26.4 Å². The molecule has 3 unspecified atom stereocenters. The first-order valence-electron chi connectivity index (χ1n) is 12.5. The molecule has 0 aliphatic carbocycles. The smallest absolute Gasteiger partial charge is 0.187 e. The summed E-state index contributed by atoms with van der Waals surface area (Å²) in [6.07, 6.45) is 3.33. The Morgan fingerprint density at radius 2 is 1.77 bits per heavy atom. The Morgan fingerprint density at radius 3 is 2.63 bits per heavy atom. The van der Waals surface area contributed by atoms with E-state index >= 15 is 0 Å². The van der Waals surface area contributed by atoms with Gasteiger partial charge in [0.2, 0.25) is 0 Å². The third-order valence-corrected chi connectivity index (χ3v) is 10.4. The summed E-state index contributed by atoms with van der Waals surface area (Å²) in [6.45, 7) is 1.16. The molecule has 1 N–H and O–H groups in total. The summed E-state index contributed by atoms with van der Waals surface area (Å²) in [5, 5.41) is 4.25. The molecule has 5 nitrogen and oxygen atoms in total. The maximum absolute atomic E-state index is 14.1. The largest absolute Gasteiger partial charge is 0.365 e. The van der Waals surface area contributed by atoms with Crippen LogP contribution in [0.1, 0.15) is 46.5 Å². The van der Waals surface area contributed by atoms with Crippen molar-refractivity contribution in [2.75, 3.05) is 11.4 Å². The number of para-hydroxylation sites is 1. The molecule has 6 heteroatoms. The van der Waals surface area contributed by atoms with Gasteiger partial charge in [0.25, 0.3) is 0 Å². The zero-order chi connectivity index (χ0) is 23.7. The minimum absolute atomic E-state index is 0.332. The van der Waals surface area contributed by atoms with Gasteiger partial charge in [0.05, 0.1) is 4.90 Å². The van der Waals surface area contributed by atoms with Crippen molar-refractivity contribution in [3.05, 3.63) is 95.2 Å². The third kappa shape index (κ3) is 3.20. The van der Waals surface area contributed by atoms with Crippen molar-refractivity contribution in [3.63, 3.8) is 0 Å². The lowest BCUT2D eigenvalue weighted by Gasteiger charge is -2.23. The van der Waals surface area contributed by atoms with Gasteiger partial charge in [-0.2, -0.15) is 0 Å². The van der Waals surface area contributed by atoms with Crippen LogP contribution in [0.15, 0.2) is 77.7 Å². The van der Waals surface area contributed by atoms with Crippen molar-refractivity contribution in [1.82, 2.24) is 9.88 Å². The van der Waals surface area contributed by atoms with Gasteiger partial charge in [-0.15, -0.1) is 0 Å². The summed E-state index contributed by atoms with van der Waals surface area (Å²) in [5.74, 6) is 0. The minimum Gasteiger partial charge on any atom is -0.365 e. The van der Waals surface area contributed by atoms with Gasteiger partial charge in [-0.25, -0.2) is 8.42 Å². The number of aryl methyl sites for hydroxylation is 1. The van der Waals surface area contributed by atoms with E-state index in [2.05, 4.69) is 34.0 Å². The van der Waals surface area contributed by atoms with Crippen molar-refractivity contribution in [2.45, 2.75) is 48.0 Å². The molecule has 3 aliphatic heterocycles. The third-order valence-electron chi connectivity index (χ3n) is 8.29. The normalized spacial score (nSPS) is 23.0. The molecule has 7 rings (SSSR count). The van der Waals surface area contributed by atoms with Gasteiger partial charge in [-0.1, -0.05) is 48.5 Å². The van der Waals surface area contributed by atoms with Crippen LogP contribution < -0.4 is 10.2 Å². The van der Waals surface area contributed by atoms with E-state index in [1.807, 2.05) is 60.7 Å². The fraction of sp³-hybridized carbons (Fsp3) is 0.310. The van der Waals surface area contributed by atoms with Crippen LogP contribution >= 0.6 is 0 Å². The molecule has 35 heavy (non-hydrogen) atoms. The first-order chi connectivity index (χ1) is 17.0. The molecule has 0 radical (unpaired) electrons. The predicted molar refractivity (Wildman–Crippen MR) is 139 cm³/mol. The molecule has 2 bridgehead atoms. The highest BCUT2D eigenvalue weighted by Gasteiger charge is 2.40. The molecule has 3 aliphatic rings. The van der Waals surface area contributed by atoms with Crippen LogP contribution in [0.4, 0.5) is 5.69 Å². The average Bonchev–Trinajstić information content (AvgIpc) is 3.53. The molecule has 0 amide bonds. The van der Waals surface area contributed by atoms with Crippen LogP contribution in [-0.2, 0) is 29.9 Å². The van der Waals surface area contributed by atoms with Crippen molar-refractivity contribution in [3.8, 4) is 0 Å². The Labute approximate surface area is 206 Å². The Balaban J connectivity index is 1.30. The maximum atomic E-state index is 14.1. The maximum Gasteiger partial charge on any atom is 0.187 e. The van der Waals surface area contributed by atoms with E-state index in [1.54, 1.807) is 0 Å². The summed E-state index contributed by atoms with van der Waals surface area (Å²) < 4.78 is 30.5. The van der Waals surface area contributed by atoms with E-state index < -0.39 is 15.1 Å². The molecule has 178 valence electrons. The molecule has 4 aromatic rings. The Morgan fingerprint density at radius 1 is 0.971 bits per heavy atom. The topological polar surface area (TPSA) is 54.3 Å². The number of sulfone groups is 1. The van der Waals surface area contributed by atoms with Crippen molar-refractivity contribution in [2.24, 2.45) is 7.05 Å². The van der Waals surface area contributed by atoms with Crippen LogP contribution in [0.3, 0.4) is 0 Å². The molecule has 1 fully saturated rings. The van der Waals surface area contributed by atoms with Gasteiger partial charge in [0, 0.05) is 60.9 Å². The van der Waals surface area contributed by atoms with Crippen LogP contribution in [0.25, 0.3) is 10.9 Å². The van der Waals surface area contributed by atoms with Gasteiger partial charge in [-0.3, -0.25) is 0 Å². The van der Waals surface area contributed by atoms with Gasteiger partial charge < -0.3 is 14.8 Å². The van der Waals surface area contributed by atoms with Gasteiger partial charge >= 0.3 is 0 Å². The van der Waals surface area contributed by atoms with Crippen LogP contribution in [0, 0.1) is 0 Å². The van der Waals surface area contributed by atoms with E-state index in [0.717, 1.165) is 35.0 Å². The molecule has 3 aromatic carbocycles. The fourth-order valence-corrected chi connectivity index (χ4v) is 8.36. The highest BCUT2D eigenvalue weighted by atomic mass is 32.2. The number of hydrogen-bond acceptors (Lipinski definition) is 4. The zero-order valence-corrected chi connectivity index (χ0v) is 20.6. The standard InChI is InChI=1S/C29H29N3O2S/c1-31-25-14-12-21(16-23(25)29-24-13-11-20(30-24)15-27(29)31)35(33,34)28-18-32(17-19-7-3-2-4-8-19)26-10-6-5-9-22(26)28/h2-10,12,14,16,20,24,28,30H,11,13,15,17-18H2,1H3. The highest BCUT2D eigenvalue weighted by molar-refractivity contribution is 7.91. The number of fused-ring (bicyclic) bond motifs is 7. The first kappa shape index (κ1) is 21.2. The molecular weight excluding hydrogens is 454 g/mol. The average molecular weight is 484 g/mol. The summed E-state index contributed by atoms with van der Waals surface area (Å²) in [4.78, 5) is 2.64. The lowest BCUT2D eigenvalue weighted by atomic mass is 9.99. The van der Waals surface area contributed by atoms with E-state index in [0.29, 0.717) is 30.1 Å². The zero-order valence-electron chi connectivity index (χ0n) is 19.8. The number of nitrogens with one attached hydrogen (secondary N) is 1. The number of nitrogens with zero attached hydrogens (tertiary/aromatic N) is 2. The Hall–Kier alpha value is -3.09. The fourth-order valence-electron chi connectivity index (χ4n) is 6.59. The second kappa shape index (κ2) is 7.70. The van der Waals surface area contributed by atoms with Crippen LogP contribution in [0.2, 0.25) is 0 Å². The molecule has 0 saturated carbocycles. The lowest BCUT2D eigenvalue weighted by molar-refractivity contribution is 0.503. The summed E-state index contributed by atoms with van der Waals surface area (Å²) in [7, 11) is -1.45. The predicted octanol–water partition coefficient (Wildman–Crippen LogP) is 5.06. The number of rotatable bonds is 4. The second-order valence-corrected chi connectivity index (χ2v) is 12.4. The van der Waals surface area contributed by atoms with Crippen molar-refractivity contribution < 1.29 is 8.42 Å². The van der Waals surface area contributed by atoms with Gasteiger partial charge in [-0.05, 0) is 53.8 Å². The molecular formula is C29H29N3O2S. The summed E-state index contributed by atoms with van der Waals surface area (Å²) in [6, 6.07) is 24.9. The van der Waals surface area contributed by atoms with E-state index in [-0.39, 0.29) is 0 Å². The molecule has 4 heterocycles. The van der Waals surface area contributed by atoms with Gasteiger partial charge in [0.15, 0.2) is 9.84 Å². The Bertz CT molecular complexity index is 1560. The second-order valence-electron chi connectivity index (χ2n) is 10.3. The van der Waals surface area contributed by atoms with Crippen LogP contribution in [0.5, 0.6) is 0 Å². The van der Waals surface area contributed by atoms with Gasteiger partial charge in [0.1, 0.15) is 5.25 Å². The minimum atomic E-state index is -3.57. The Kier molecular flexibility index (Phi) is 4.67. The van der Waals surface area contributed by atoms with Crippen LogP contribution in [-0.4, -0.2) is 25.6 Å². The number of hydrogen-bond donors (Lipinski definition) is 1. The lowest BCUT2D eigenvalue weighted by Crippen LogP contribution is -2.32. The SMILES string of the molecule is Cn1c2c(c3cc(S(=O)(=O)C4CN(Cc5ccccc5)c5ccccc54)ccc31)C1CCC(C2)N1. The monoisotopic (exact) mass is 483 g/mol. The molecule has 0 spiro atoms. The quantitative estimate of drug-likeness (QED) is 0.441. The van der Waals surface area contributed by atoms with Crippen molar-refractivity contribution in [1.29, 1.82) is 0 Å². The number of anilines is 1.